The van der Waals surface area contributed by atoms with Gasteiger partial charge < -0.3 is 0 Å². The number of nitrogens with zero attached hydrogens (tertiary/aromatic N) is 4. The van der Waals surface area contributed by atoms with E-state index in [2.05, 4.69) is 33.6 Å². The SMILES string of the molecule is CCn1nc(CCSC)nc1Cc1cscn1. The second kappa shape index (κ2) is 6.16. The highest BCUT2D eigenvalue weighted by Crippen LogP contribution is 2.09. The van der Waals surface area contributed by atoms with Crippen LogP contribution < -0.4 is 0 Å². The molecule has 0 amide bonds. The number of aryl methyl sites for hydroxylation is 2. The smallest absolute Gasteiger partial charge is 0.151 e. The van der Waals surface area contributed by atoms with Crippen LogP contribution >= 0.6 is 23.1 Å². The minimum atomic E-state index is 0.781. The molecule has 6 heteroatoms. The molecule has 0 saturated carbocycles. The van der Waals surface area contributed by atoms with Crippen LogP contribution in [0, 0.1) is 0 Å². The quantitative estimate of drug-likeness (QED) is 0.806. The highest BCUT2D eigenvalue weighted by atomic mass is 32.2. The third kappa shape index (κ3) is 3.29. The maximum absolute atomic E-state index is 4.60. The van der Waals surface area contributed by atoms with E-state index in [1.54, 1.807) is 11.3 Å². The fourth-order valence-corrected chi connectivity index (χ4v) is 2.54. The molecule has 0 aliphatic rings. The molecule has 0 N–H and O–H groups in total. The van der Waals surface area contributed by atoms with Crippen molar-refractivity contribution in [3.8, 4) is 0 Å². The molecule has 0 unspecified atom stereocenters. The van der Waals surface area contributed by atoms with E-state index >= 15 is 0 Å². The normalized spacial score (nSPS) is 10.9. The third-order valence-electron chi connectivity index (χ3n) is 2.44. The van der Waals surface area contributed by atoms with Crippen LogP contribution in [0.5, 0.6) is 0 Å². The van der Waals surface area contributed by atoms with Crippen molar-refractivity contribution in [2.24, 2.45) is 0 Å². The van der Waals surface area contributed by atoms with Crippen LogP contribution in [0.15, 0.2) is 10.9 Å². The second-order valence-electron chi connectivity index (χ2n) is 3.66. The van der Waals surface area contributed by atoms with Gasteiger partial charge >= 0.3 is 0 Å². The Morgan fingerprint density at radius 1 is 1.47 bits per heavy atom. The predicted molar refractivity (Wildman–Crippen MR) is 72.7 cm³/mol. The number of thioether (sulfide) groups is 1. The molecule has 0 spiro atoms. The van der Waals surface area contributed by atoms with Crippen LogP contribution in [0.4, 0.5) is 0 Å². The van der Waals surface area contributed by atoms with Gasteiger partial charge in [0.05, 0.1) is 17.6 Å². The minimum Gasteiger partial charge on any atom is -0.250 e. The summed E-state index contributed by atoms with van der Waals surface area (Å²) in [4.78, 5) is 8.89. The summed E-state index contributed by atoms with van der Waals surface area (Å²) >= 11 is 3.45. The van der Waals surface area contributed by atoms with Crippen LogP contribution in [0.2, 0.25) is 0 Å². The average molecular weight is 268 g/mol. The molecule has 2 aromatic heterocycles. The Hall–Kier alpha value is -0.880. The fraction of sp³-hybridized carbons (Fsp3) is 0.545. The Balaban J connectivity index is 2.11. The molecule has 92 valence electrons. The Morgan fingerprint density at radius 2 is 2.35 bits per heavy atom. The topological polar surface area (TPSA) is 43.6 Å². The largest absolute Gasteiger partial charge is 0.250 e. The van der Waals surface area contributed by atoms with E-state index in [-0.39, 0.29) is 0 Å². The summed E-state index contributed by atoms with van der Waals surface area (Å²) in [5, 5.41) is 6.58. The molecule has 0 aliphatic carbocycles. The van der Waals surface area contributed by atoms with Gasteiger partial charge in [-0.1, -0.05) is 0 Å². The molecule has 0 aliphatic heterocycles. The Morgan fingerprint density at radius 3 is 3.00 bits per heavy atom. The van der Waals surface area contributed by atoms with Gasteiger partial charge in [0.25, 0.3) is 0 Å². The summed E-state index contributed by atoms with van der Waals surface area (Å²) < 4.78 is 1.98. The highest BCUT2D eigenvalue weighted by molar-refractivity contribution is 7.98. The fourth-order valence-electron chi connectivity index (χ4n) is 1.60. The first-order chi connectivity index (χ1) is 8.33. The van der Waals surface area contributed by atoms with Crippen molar-refractivity contribution >= 4 is 23.1 Å². The van der Waals surface area contributed by atoms with E-state index in [9.17, 15) is 0 Å². The predicted octanol–water partition coefficient (Wildman–Crippen LogP) is 2.25. The third-order valence-corrected chi connectivity index (χ3v) is 3.69. The van der Waals surface area contributed by atoms with Gasteiger partial charge in [0.2, 0.25) is 0 Å². The second-order valence-corrected chi connectivity index (χ2v) is 5.36. The van der Waals surface area contributed by atoms with Crippen molar-refractivity contribution in [2.45, 2.75) is 26.3 Å². The van der Waals surface area contributed by atoms with Crippen LogP contribution in [0.25, 0.3) is 0 Å². The van der Waals surface area contributed by atoms with Crippen LogP contribution in [-0.4, -0.2) is 31.8 Å². The molecule has 0 saturated heterocycles. The number of hydrogen-bond acceptors (Lipinski definition) is 5. The maximum atomic E-state index is 4.60. The molecule has 4 nitrogen and oxygen atoms in total. The lowest BCUT2D eigenvalue weighted by Crippen LogP contribution is -2.04. The Labute approximate surface area is 109 Å². The van der Waals surface area contributed by atoms with Gasteiger partial charge in [-0.15, -0.1) is 11.3 Å². The summed E-state index contributed by atoms with van der Waals surface area (Å²) in [5.74, 6) is 3.05. The van der Waals surface area contributed by atoms with E-state index in [1.807, 2.05) is 22.0 Å². The number of thiazole rings is 1. The van der Waals surface area contributed by atoms with Gasteiger partial charge in [0.15, 0.2) is 5.82 Å². The van der Waals surface area contributed by atoms with Crippen LogP contribution in [0.3, 0.4) is 0 Å². The lowest BCUT2D eigenvalue weighted by molar-refractivity contribution is 0.617. The summed E-state index contributed by atoms with van der Waals surface area (Å²) in [6.45, 7) is 2.96. The van der Waals surface area contributed by atoms with Crippen molar-refractivity contribution in [3.05, 3.63) is 28.2 Å². The van der Waals surface area contributed by atoms with E-state index in [1.165, 1.54) is 0 Å². The molecule has 2 heterocycles. The molecule has 2 rings (SSSR count). The number of hydrogen-bond donors (Lipinski definition) is 0. The van der Waals surface area contributed by atoms with E-state index in [0.29, 0.717) is 0 Å². The monoisotopic (exact) mass is 268 g/mol. The van der Waals surface area contributed by atoms with Crippen molar-refractivity contribution in [3.63, 3.8) is 0 Å². The molecule has 2 aromatic rings. The molecule has 0 atom stereocenters. The minimum absolute atomic E-state index is 0.781. The van der Waals surface area contributed by atoms with Crippen molar-refractivity contribution in [2.75, 3.05) is 12.0 Å². The first-order valence-electron chi connectivity index (χ1n) is 5.62. The van der Waals surface area contributed by atoms with Gasteiger partial charge in [0, 0.05) is 24.1 Å². The van der Waals surface area contributed by atoms with Crippen molar-refractivity contribution in [1.29, 1.82) is 0 Å². The standard InChI is InChI=1S/C11H16N4S2/c1-3-15-11(6-9-7-17-8-12-9)13-10(14-15)4-5-16-2/h7-8H,3-6H2,1-2H3. The molecular weight excluding hydrogens is 252 g/mol. The lowest BCUT2D eigenvalue weighted by Gasteiger charge is -1.99. The van der Waals surface area contributed by atoms with Gasteiger partial charge in [-0.3, -0.25) is 0 Å². The molecular formula is C11H16N4S2. The molecule has 0 radical (unpaired) electrons. The summed E-state index contributed by atoms with van der Waals surface area (Å²) in [6, 6.07) is 0. The van der Waals surface area contributed by atoms with Gasteiger partial charge in [-0.2, -0.15) is 16.9 Å². The summed E-state index contributed by atoms with van der Waals surface area (Å²) in [5.41, 5.74) is 2.94. The Kier molecular flexibility index (Phi) is 4.56. The first kappa shape index (κ1) is 12.6. The van der Waals surface area contributed by atoms with Gasteiger partial charge in [0.1, 0.15) is 5.82 Å². The molecule has 0 bridgehead atoms. The molecule has 0 aromatic carbocycles. The van der Waals surface area contributed by atoms with Gasteiger partial charge in [-0.25, -0.2) is 14.6 Å². The van der Waals surface area contributed by atoms with Crippen molar-refractivity contribution in [1.82, 2.24) is 19.7 Å². The zero-order chi connectivity index (χ0) is 12.1. The van der Waals surface area contributed by atoms with Crippen molar-refractivity contribution < 1.29 is 0 Å². The van der Waals surface area contributed by atoms with E-state index < -0.39 is 0 Å². The number of rotatable bonds is 6. The summed E-state index contributed by atoms with van der Waals surface area (Å²) in [6.07, 6.45) is 3.83. The van der Waals surface area contributed by atoms with E-state index in [4.69, 9.17) is 0 Å². The van der Waals surface area contributed by atoms with Crippen LogP contribution in [-0.2, 0) is 19.4 Å². The highest BCUT2D eigenvalue weighted by Gasteiger charge is 2.10. The zero-order valence-electron chi connectivity index (χ0n) is 10.1. The summed E-state index contributed by atoms with van der Waals surface area (Å²) in [7, 11) is 0. The molecule has 17 heavy (non-hydrogen) atoms. The maximum Gasteiger partial charge on any atom is 0.151 e. The van der Waals surface area contributed by atoms with Crippen LogP contribution in [0.1, 0.15) is 24.3 Å². The molecule has 0 fully saturated rings. The average Bonchev–Trinajstić information content (AvgIpc) is 2.96. The number of aromatic nitrogens is 4. The zero-order valence-corrected chi connectivity index (χ0v) is 11.7. The van der Waals surface area contributed by atoms with E-state index in [0.717, 1.165) is 42.5 Å². The lowest BCUT2D eigenvalue weighted by atomic mass is 10.3. The Bertz CT molecular complexity index is 450. The van der Waals surface area contributed by atoms with Gasteiger partial charge in [-0.05, 0) is 13.2 Å². The first-order valence-corrected chi connectivity index (χ1v) is 7.95.